The summed E-state index contributed by atoms with van der Waals surface area (Å²) in [7, 11) is -1.83. The third-order valence-corrected chi connectivity index (χ3v) is 5.43. The van der Waals surface area contributed by atoms with E-state index < -0.39 is 16.0 Å². The van der Waals surface area contributed by atoms with Gasteiger partial charge in [-0.2, -0.15) is 5.26 Å². The minimum atomic E-state index is -3.30. The van der Waals surface area contributed by atoms with Gasteiger partial charge in [-0.3, -0.25) is 0 Å². The quantitative estimate of drug-likeness (QED) is 0.248. The lowest BCUT2D eigenvalue weighted by Crippen LogP contribution is -2.26. The molecule has 1 heterocycles. The topological polar surface area (TPSA) is 129 Å². The molecular weight excluding hydrogens is 462 g/mol. The van der Waals surface area contributed by atoms with Gasteiger partial charge in [-0.1, -0.05) is 0 Å². The number of ether oxygens (including phenoxy) is 4. The number of benzene rings is 2. The van der Waals surface area contributed by atoms with Crippen LogP contribution < -0.4 is 14.2 Å². The monoisotopic (exact) mass is 487 g/mol. The molecule has 180 valence electrons. The van der Waals surface area contributed by atoms with Crippen LogP contribution in [0.5, 0.6) is 11.5 Å². The van der Waals surface area contributed by atoms with Crippen molar-refractivity contribution in [2.75, 3.05) is 39.9 Å². The molecule has 0 saturated carbocycles. The number of carbonyl (C=O) groups is 1. The van der Waals surface area contributed by atoms with Crippen LogP contribution in [0.15, 0.2) is 42.6 Å². The number of aromatic nitrogens is 1. The molecule has 1 aromatic heterocycles. The zero-order valence-corrected chi connectivity index (χ0v) is 19.8. The molecule has 0 saturated heterocycles. The molecule has 1 N–H and O–H groups in total. The highest BCUT2D eigenvalue weighted by atomic mass is 32.2. The van der Waals surface area contributed by atoms with Gasteiger partial charge in [0.1, 0.15) is 29.7 Å². The summed E-state index contributed by atoms with van der Waals surface area (Å²) in [6.45, 7) is 2.13. The van der Waals surface area contributed by atoms with Crippen molar-refractivity contribution < 1.29 is 32.2 Å². The second kappa shape index (κ2) is 11.0. The molecule has 3 aromatic rings. The van der Waals surface area contributed by atoms with Crippen molar-refractivity contribution in [3.05, 3.63) is 53.7 Å². The van der Waals surface area contributed by atoms with Crippen molar-refractivity contribution in [1.29, 1.82) is 5.26 Å². The highest BCUT2D eigenvalue weighted by molar-refractivity contribution is 7.88. The summed E-state index contributed by atoms with van der Waals surface area (Å²) in [4.78, 5) is 12.3. The van der Waals surface area contributed by atoms with E-state index in [0.717, 1.165) is 6.26 Å². The number of rotatable bonds is 11. The summed E-state index contributed by atoms with van der Waals surface area (Å²) in [5, 5.41) is 10.3. The van der Waals surface area contributed by atoms with E-state index in [1.807, 2.05) is 0 Å². The van der Waals surface area contributed by atoms with Crippen LogP contribution in [-0.4, -0.2) is 58.9 Å². The Hall–Kier alpha value is -3.59. The first-order valence-electron chi connectivity index (χ1n) is 10.3. The summed E-state index contributed by atoms with van der Waals surface area (Å²) in [5.41, 5.74) is 2.03. The predicted octanol–water partition coefficient (Wildman–Crippen LogP) is 2.59. The van der Waals surface area contributed by atoms with Gasteiger partial charge >= 0.3 is 5.97 Å². The van der Waals surface area contributed by atoms with Gasteiger partial charge in [-0.25, -0.2) is 17.9 Å². The first-order valence-corrected chi connectivity index (χ1v) is 12.2. The number of fused-ring (bicyclic) bond motifs is 1. The van der Waals surface area contributed by atoms with Gasteiger partial charge < -0.3 is 23.5 Å². The van der Waals surface area contributed by atoms with Gasteiger partial charge in [-0.05, 0) is 31.2 Å². The van der Waals surface area contributed by atoms with Gasteiger partial charge in [0.2, 0.25) is 10.0 Å². The van der Waals surface area contributed by atoms with Gasteiger partial charge in [-0.15, -0.1) is 0 Å². The van der Waals surface area contributed by atoms with E-state index in [0.29, 0.717) is 27.9 Å². The highest BCUT2D eigenvalue weighted by Crippen LogP contribution is 2.31. The van der Waals surface area contributed by atoms with Crippen molar-refractivity contribution in [3.63, 3.8) is 0 Å². The van der Waals surface area contributed by atoms with Crippen LogP contribution in [0.4, 0.5) is 0 Å². The van der Waals surface area contributed by atoms with E-state index in [1.165, 1.54) is 7.11 Å². The lowest BCUT2D eigenvalue weighted by atomic mass is 10.1. The molecule has 0 radical (unpaired) electrons. The summed E-state index contributed by atoms with van der Waals surface area (Å²) >= 11 is 0. The zero-order valence-electron chi connectivity index (χ0n) is 19.0. The Balaban J connectivity index is 1.99. The first kappa shape index (κ1) is 25.0. The van der Waals surface area contributed by atoms with Gasteiger partial charge in [0.05, 0.1) is 23.9 Å². The molecule has 0 unspecified atom stereocenters. The van der Waals surface area contributed by atoms with Gasteiger partial charge in [0.15, 0.2) is 6.79 Å². The van der Waals surface area contributed by atoms with Crippen LogP contribution in [-0.2, 0) is 19.5 Å². The number of hydrogen-bond donors (Lipinski definition) is 1. The largest absolute Gasteiger partial charge is 0.492 e. The fourth-order valence-electron chi connectivity index (χ4n) is 3.28. The maximum atomic E-state index is 12.3. The molecular formula is C23H25N3O7S. The molecule has 2 aromatic carbocycles. The lowest BCUT2D eigenvalue weighted by molar-refractivity contribution is 0.0438. The SMILES string of the molecule is CCOC(=O)c1ccc(-n2cc(C#N)c3ccc(OCCNS(C)(=O)=O)cc32)cc1OCOC. The second-order valence-electron chi connectivity index (χ2n) is 7.17. The molecule has 0 spiro atoms. The molecule has 10 nitrogen and oxygen atoms in total. The van der Waals surface area contributed by atoms with Crippen LogP contribution in [0.25, 0.3) is 16.6 Å². The van der Waals surface area contributed by atoms with Crippen LogP contribution >= 0.6 is 0 Å². The zero-order chi connectivity index (χ0) is 24.7. The number of nitrogens with zero attached hydrogens (tertiary/aromatic N) is 2. The fraction of sp³-hybridized carbons (Fsp3) is 0.304. The number of nitriles is 1. The number of hydrogen-bond acceptors (Lipinski definition) is 8. The molecule has 34 heavy (non-hydrogen) atoms. The number of nitrogens with one attached hydrogen (secondary N) is 1. The minimum absolute atomic E-state index is 0.0643. The van der Waals surface area contributed by atoms with Crippen LogP contribution in [0.1, 0.15) is 22.8 Å². The summed E-state index contributed by atoms with van der Waals surface area (Å²) in [6, 6.07) is 12.4. The lowest BCUT2D eigenvalue weighted by Gasteiger charge is -2.13. The van der Waals surface area contributed by atoms with Crippen LogP contribution in [0.2, 0.25) is 0 Å². The number of esters is 1. The Morgan fingerprint density at radius 2 is 1.97 bits per heavy atom. The Bertz CT molecular complexity index is 1330. The molecule has 0 bridgehead atoms. The Kier molecular flexibility index (Phi) is 8.12. The molecule has 0 aliphatic heterocycles. The Morgan fingerprint density at radius 3 is 2.65 bits per heavy atom. The summed E-state index contributed by atoms with van der Waals surface area (Å²) in [6.07, 6.45) is 2.76. The molecule has 0 amide bonds. The smallest absolute Gasteiger partial charge is 0.341 e. The normalized spacial score (nSPS) is 11.2. The average molecular weight is 488 g/mol. The Morgan fingerprint density at radius 1 is 1.18 bits per heavy atom. The van der Waals surface area contributed by atoms with Crippen molar-refractivity contribution in [1.82, 2.24) is 9.29 Å². The standard InChI is InChI=1S/C23H25N3O7S/c1-4-31-23(27)20-7-5-17(11-22(20)33-15-30-2)26-14-16(13-24)19-8-6-18(12-21(19)26)32-10-9-25-34(3,28)29/h5-8,11-12,14,25H,4,9-10,15H2,1-3H3. The van der Waals surface area contributed by atoms with E-state index in [4.69, 9.17) is 18.9 Å². The van der Waals surface area contributed by atoms with E-state index in [1.54, 1.807) is 54.1 Å². The molecule has 0 fully saturated rings. The maximum absolute atomic E-state index is 12.3. The van der Waals surface area contributed by atoms with E-state index >= 15 is 0 Å². The van der Waals surface area contributed by atoms with Crippen molar-refractivity contribution in [2.45, 2.75) is 6.92 Å². The third kappa shape index (κ3) is 6.05. The molecule has 3 rings (SSSR count). The number of carbonyl (C=O) groups excluding carboxylic acids is 1. The Labute approximate surface area is 197 Å². The van der Waals surface area contributed by atoms with Crippen molar-refractivity contribution in [2.24, 2.45) is 0 Å². The first-order chi connectivity index (χ1) is 16.3. The van der Waals surface area contributed by atoms with E-state index in [2.05, 4.69) is 10.8 Å². The van der Waals surface area contributed by atoms with Crippen molar-refractivity contribution >= 4 is 26.9 Å². The number of sulfonamides is 1. The van der Waals surface area contributed by atoms with Gasteiger partial charge in [0.25, 0.3) is 0 Å². The predicted molar refractivity (Wildman–Crippen MR) is 125 cm³/mol. The van der Waals surface area contributed by atoms with Crippen LogP contribution in [0.3, 0.4) is 0 Å². The maximum Gasteiger partial charge on any atom is 0.341 e. The van der Waals surface area contributed by atoms with E-state index in [9.17, 15) is 18.5 Å². The molecule has 0 aliphatic carbocycles. The summed E-state index contributed by atoms with van der Waals surface area (Å²) < 4.78 is 47.9. The summed E-state index contributed by atoms with van der Waals surface area (Å²) in [5.74, 6) is 0.261. The van der Waals surface area contributed by atoms with E-state index in [-0.39, 0.29) is 37.9 Å². The molecule has 0 aliphatic rings. The average Bonchev–Trinajstić information content (AvgIpc) is 3.18. The number of methoxy groups -OCH3 is 1. The van der Waals surface area contributed by atoms with Gasteiger partial charge in [0, 0.05) is 43.1 Å². The third-order valence-electron chi connectivity index (χ3n) is 4.70. The second-order valence-corrected chi connectivity index (χ2v) is 9.00. The molecule has 0 atom stereocenters. The van der Waals surface area contributed by atoms with Crippen molar-refractivity contribution in [3.8, 4) is 23.3 Å². The minimum Gasteiger partial charge on any atom is -0.492 e. The fourth-order valence-corrected chi connectivity index (χ4v) is 3.73. The highest BCUT2D eigenvalue weighted by Gasteiger charge is 2.17. The molecule has 11 heteroatoms. The van der Waals surface area contributed by atoms with Crippen LogP contribution in [0, 0.1) is 11.3 Å².